The highest BCUT2D eigenvalue weighted by Crippen LogP contribution is 2.32. The largest absolute Gasteiger partial charge is 0.478 e. The maximum Gasteiger partial charge on any atom is 0.336 e. The van der Waals surface area contributed by atoms with E-state index >= 15 is 0 Å². The van der Waals surface area contributed by atoms with Gasteiger partial charge in [-0.05, 0) is 24.5 Å². The molecule has 0 radical (unpaired) electrons. The average molecular weight is 357 g/mol. The predicted octanol–water partition coefficient (Wildman–Crippen LogP) is 3.81. The summed E-state index contributed by atoms with van der Waals surface area (Å²) in [5, 5.41) is 10.7. The van der Waals surface area contributed by atoms with Gasteiger partial charge in [0.25, 0.3) is 0 Å². The Morgan fingerprint density at radius 2 is 2.00 bits per heavy atom. The third kappa shape index (κ3) is 3.71. The van der Waals surface area contributed by atoms with Crippen LogP contribution in [-0.2, 0) is 0 Å². The molecule has 1 heterocycles. The summed E-state index contributed by atoms with van der Waals surface area (Å²) < 4.78 is 0.833. The molecule has 0 saturated heterocycles. The summed E-state index contributed by atoms with van der Waals surface area (Å²) in [6, 6.07) is 6.89. The van der Waals surface area contributed by atoms with Gasteiger partial charge < -0.3 is 5.11 Å². The first-order valence-electron chi connectivity index (χ1n) is 5.17. The van der Waals surface area contributed by atoms with Crippen molar-refractivity contribution in [2.75, 3.05) is 6.26 Å². The number of thioether (sulfide) groups is 1. The quantitative estimate of drug-likeness (QED) is 0.663. The number of halogens is 1. The molecule has 0 aliphatic heterocycles. The molecule has 0 amide bonds. The first-order valence-corrected chi connectivity index (χ1v) is 8.00. The van der Waals surface area contributed by atoms with Crippen molar-refractivity contribution in [3.05, 3.63) is 40.6 Å². The van der Waals surface area contributed by atoms with E-state index < -0.39 is 5.97 Å². The van der Waals surface area contributed by atoms with Crippen LogP contribution in [0.25, 0.3) is 0 Å². The number of carbonyl (C=O) groups is 1. The Morgan fingerprint density at radius 3 is 2.68 bits per heavy atom. The predicted molar refractivity (Wildman–Crippen MR) is 79.0 cm³/mol. The number of hydrogen-bond acceptors (Lipinski definition) is 5. The van der Waals surface area contributed by atoms with E-state index in [4.69, 9.17) is 5.11 Å². The van der Waals surface area contributed by atoms with Crippen molar-refractivity contribution < 1.29 is 9.90 Å². The number of carboxylic acids is 1. The minimum atomic E-state index is -0.950. The molecule has 4 nitrogen and oxygen atoms in total. The van der Waals surface area contributed by atoms with Crippen LogP contribution in [0.5, 0.6) is 0 Å². The lowest BCUT2D eigenvalue weighted by Crippen LogP contribution is -1.98. The summed E-state index contributed by atoms with van der Waals surface area (Å²) in [6.45, 7) is 0. The molecule has 1 N–H and O–H groups in total. The molecule has 2 aromatic rings. The first-order chi connectivity index (χ1) is 9.10. The molecule has 98 valence electrons. The Bertz CT molecular complexity index is 622. The van der Waals surface area contributed by atoms with E-state index in [1.165, 1.54) is 29.9 Å². The fraction of sp³-hybridized carbons (Fsp3) is 0.0833. The number of rotatable bonds is 4. The van der Waals surface area contributed by atoms with E-state index in [1.807, 2.05) is 12.3 Å². The molecule has 7 heteroatoms. The Balaban J connectivity index is 2.36. The second kappa shape index (κ2) is 6.40. The van der Waals surface area contributed by atoms with Gasteiger partial charge in [-0.3, -0.25) is 0 Å². The number of nitrogens with zero attached hydrogens (tertiary/aromatic N) is 2. The van der Waals surface area contributed by atoms with Gasteiger partial charge in [0, 0.05) is 15.4 Å². The lowest BCUT2D eigenvalue weighted by molar-refractivity contribution is 0.0693. The van der Waals surface area contributed by atoms with Gasteiger partial charge in [-0.1, -0.05) is 27.7 Å². The van der Waals surface area contributed by atoms with E-state index in [1.54, 1.807) is 18.2 Å². The third-order valence-corrected chi connectivity index (χ3v) is 4.34. The molecule has 0 bridgehead atoms. The molecule has 0 saturated carbocycles. The lowest BCUT2D eigenvalue weighted by Gasteiger charge is -2.06. The first kappa shape index (κ1) is 14.4. The van der Waals surface area contributed by atoms with Crippen molar-refractivity contribution in [3.63, 3.8) is 0 Å². The van der Waals surface area contributed by atoms with Crippen LogP contribution < -0.4 is 0 Å². The highest BCUT2D eigenvalue weighted by atomic mass is 79.9. The molecular formula is C12H9BrN2O2S2. The Labute approximate surface area is 127 Å². The molecule has 0 aliphatic rings. The molecule has 0 spiro atoms. The Hall–Kier alpha value is -1.05. The number of benzene rings is 1. The second-order valence-corrected chi connectivity index (χ2v) is 6.25. The van der Waals surface area contributed by atoms with Crippen molar-refractivity contribution in [1.82, 2.24) is 9.97 Å². The second-order valence-electron chi connectivity index (χ2n) is 3.45. The van der Waals surface area contributed by atoms with E-state index in [9.17, 15) is 4.79 Å². The number of carboxylic acid groups (broad SMARTS) is 1. The van der Waals surface area contributed by atoms with Gasteiger partial charge in [-0.15, -0.1) is 11.8 Å². The van der Waals surface area contributed by atoms with Crippen LogP contribution in [0.2, 0.25) is 0 Å². The molecule has 0 aliphatic carbocycles. The highest BCUT2D eigenvalue weighted by Gasteiger charge is 2.12. The summed E-state index contributed by atoms with van der Waals surface area (Å²) in [7, 11) is 0. The van der Waals surface area contributed by atoms with E-state index in [-0.39, 0.29) is 5.56 Å². The van der Waals surface area contributed by atoms with Gasteiger partial charge in [0.2, 0.25) is 0 Å². The van der Waals surface area contributed by atoms with Crippen LogP contribution >= 0.6 is 39.5 Å². The number of aromatic carboxylic acids is 1. The van der Waals surface area contributed by atoms with Crippen LogP contribution in [0.1, 0.15) is 10.4 Å². The summed E-state index contributed by atoms with van der Waals surface area (Å²) in [5.74, 6) is -0.950. The van der Waals surface area contributed by atoms with Crippen LogP contribution in [-0.4, -0.2) is 27.3 Å². The van der Waals surface area contributed by atoms with Crippen LogP contribution in [0, 0.1) is 0 Å². The zero-order chi connectivity index (χ0) is 13.8. The fourth-order valence-electron chi connectivity index (χ4n) is 1.36. The fourth-order valence-corrected chi connectivity index (χ4v) is 3.28. The van der Waals surface area contributed by atoms with Crippen LogP contribution in [0.4, 0.5) is 0 Å². The standard InChI is InChI=1S/C12H9BrN2O2S2/c1-18-10-5-11(15-6-14-10)19-9-4-7(13)2-3-8(9)12(16)17/h2-6H,1H3,(H,16,17). The number of hydrogen-bond donors (Lipinski definition) is 1. The van der Waals surface area contributed by atoms with Gasteiger partial charge in [0.05, 0.1) is 5.56 Å². The molecule has 2 rings (SSSR count). The Kier molecular flexibility index (Phi) is 4.84. The molecule has 0 unspecified atom stereocenters. The molecule has 1 aromatic heterocycles. The number of aromatic nitrogens is 2. The van der Waals surface area contributed by atoms with Crippen molar-refractivity contribution >= 4 is 45.4 Å². The third-order valence-electron chi connectivity index (χ3n) is 2.21. The summed E-state index contributed by atoms with van der Waals surface area (Å²) in [4.78, 5) is 20.1. The molecule has 19 heavy (non-hydrogen) atoms. The molecule has 0 fully saturated rings. The van der Waals surface area contributed by atoms with Gasteiger partial charge in [-0.25, -0.2) is 14.8 Å². The summed E-state index contributed by atoms with van der Waals surface area (Å²) in [6.07, 6.45) is 3.41. The van der Waals surface area contributed by atoms with Gasteiger partial charge in [0.1, 0.15) is 16.4 Å². The van der Waals surface area contributed by atoms with E-state index in [0.717, 1.165) is 14.5 Å². The minimum absolute atomic E-state index is 0.262. The average Bonchev–Trinajstić information content (AvgIpc) is 2.38. The van der Waals surface area contributed by atoms with Crippen molar-refractivity contribution in [1.29, 1.82) is 0 Å². The smallest absolute Gasteiger partial charge is 0.336 e. The molecule has 0 atom stereocenters. The van der Waals surface area contributed by atoms with Crippen molar-refractivity contribution in [3.8, 4) is 0 Å². The zero-order valence-corrected chi connectivity index (χ0v) is 13.1. The van der Waals surface area contributed by atoms with Gasteiger partial charge in [-0.2, -0.15) is 0 Å². The maximum atomic E-state index is 11.2. The monoisotopic (exact) mass is 356 g/mol. The van der Waals surface area contributed by atoms with Crippen molar-refractivity contribution in [2.24, 2.45) is 0 Å². The minimum Gasteiger partial charge on any atom is -0.478 e. The summed E-state index contributed by atoms with van der Waals surface area (Å²) in [5.41, 5.74) is 0.262. The summed E-state index contributed by atoms with van der Waals surface area (Å²) >= 11 is 6.17. The maximum absolute atomic E-state index is 11.2. The lowest BCUT2D eigenvalue weighted by atomic mass is 10.2. The van der Waals surface area contributed by atoms with Crippen LogP contribution in [0.15, 0.2) is 50.0 Å². The Morgan fingerprint density at radius 1 is 1.26 bits per heavy atom. The van der Waals surface area contributed by atoms with Crippen molar-refractivity contribution in [2.45, 2.75) is 14.9 Å². The SMILES string of the molecule is CSc1cc(Sc2cc(Br)ccc2C(=O)O)ncn1. The van der Waals surface area contributed by atoms with Crippen LogP contribution in [0.3, 0.4) is 0 Å². The molecule has 1 aromatic carbocycles. The zero-order valence-electron chi connectivity index (χ0n) is 9.83. The van der Waals surface area contributed by atoms with E-state index in [0.29, 0.717) is 4.90 Å². The van der Waals surface area contributed by atoms with Gasteiger partial charge >= 0.3 is 5.97 Å². The van der Waals surface area contributed by atoms with Gasteiger partial charge in [0.15, 0.2) is 0 Å². The van der Waals surface area contributed by atoms with E-state index in [2.05, 4.69) is 25.9 Å². The molecular weight excluding hydrogens is 348 g/mol. The normalized spacial score (nSPS) is 10.4. The highest BCUT2D eigenvalue weighted by molar-refractivity contribution is 9.10. The topological polar surface area (TPSA) is 63.1 Å².